The molecule has 15 nitrogen and oxygen atoms in total. The molecule has 6 aromatic rings. The number of rotatable bonds is 10. The Morgan fingerprint density at radius 3 is 1.64 bits per heavy atom. The maximum atomic E-state index is 13.1. The number of H-pyrrole nitrogens is 2. The molecule has 0 fully saturated rings. The first-order chi connectivity index (χ1) is 28.1. The van der Waals surface area contributed by atoms with Gasteiger partial charge >= 0.3 is 0 Å². The molecule has 19 heteroatoms. The lowest BCUT2D eigenvalue weighted by molar-refractivity contribution is -0.121. The first-order valence-corrected chi connectivity index (χ1v) is 22.8. The second kappa shape index (κ2) is 17.3. The number of halogens is 2. The van der Waals surface area contributed by atoms with Crippen molar-refractivity contribution in [1.82, 2.24) is 30.6 Å². The van der Waals surface area contributed by atoms with Crippen LogP contribution < -0.4 is 20.4 Å². The molecular weight excluding hydrogens is 840 g/mol. The van der Waals surface area contributed by atoms with Gasteiger partial charge in [0.15, 0.2) is 0 Å². The molecule has 0 bridgehead atoms. The minimum atomic E-state index is -3.25. The van der Waals surface area contributed by atoms with E-state index in [0.29, 0.717) is 57.9 Å². The van der Waals surface area contributed by atoms with E-state index in [1.165, 1.54) is 11.1 Å². The summed E-state index contributed by atoms with van der Waals surface area (Å²) in [6.45, 7) is 0.361. The van der Waals surface area contributed by atoms with Crippen molar-refractivity contribution < 1.29 is 31.8 Å². The number of benzene rings is 2. The van der Waals surface area contributed by atoms with Crippen LogP contribution in [0.2, 0.25) is 10.3 Å². The average molecular weight is 878 g/mol. The molecule has 0 aliphatic carbocycles. The molecule has 3 atom stereocenters. The van der Waals surface area contributed by atoms with Gasteiger partial charge in [-0.2, -0.15) is 0 Å². The van der Waals surface area contributed by atoms with Gasteiger partial charge in [0.1, 0.15) is 43.6 Å². The Morgan fingerprint density at radius 2 is 1.20 bits per heavy atom. The molecule has 306 valence electrons. The number of aromatic nitrogens is 4. The molecule has 4 amide bonds. The highest BCUT2D eigenvalue weighted by Gasteiger charge is 2.35. The summed E-state index contributed by atoms with van der Waals surface area (Å²) in [4.78, 5) is 68.7. The van der Waals surface area contributed by atoms with Crippen molar-refractivity contribution >= 4 is 101 Å². The van der Waals surface area contributed by atoms with Gasteiger partial charge < -0.3 is 30.4 Å². The summed E-state index contributed by atoms with van der Waals surface area (Å²) < 4.78 is 34.8. The van der Waals surface area contributed by atoms with Gasteiger partial charge in [-0.25, -0.2) is 18.4 Å². The number of pyridine rings is 2. The number of amides is 4. The second-order valence-corrected chi connectivity index (χ2v) is 18.7. The van der Waals surface area contributed by atoms with E-state index in [1.807, 2.05) is 36.4 Å². The van der Waals surface area contributed by atoms with Crippen LogP contribution in [-0.4, -0.2) is 105 Å². The normalized spacial score (nSPS) is 16.9. The third kappa shape index (κ3) is 9.65. The van der Waals surface area contributed by atoms with E-state index in [0.717, 1.165) is 33.8 Å². The summed E-state index contributed by atoms with van der Waals surface area (Å²) in [6.07, 6.45) is 6.55. The van der Waals surface area contributed by atoms with Crippen molar-refractivity contribution in [2.24, 2.45) is 0 Å². The summed E-state index contributed by atoms with van der Waals surface area (Å²) in [6, 6.07) is 20.0. The van der Waals surface area contributed by atoms with Gasteiger partial charge in [0.05, 0.1) is 29.2 Å². The van der Waals surface area contributed by atoms with E-state index in [2.05, 4.69) is 30.6 Å². The van der Waals surface area contributed by atoms with Crippen LogP contribution in [0.3, 0.4) is 0 Å². The van der Waals surface area contributed by atoms with Crippen molar-refractivity contribution in [1.29, 1.82) is 0 Å². The smallest absolute Gasteiger partial charge is 0.268 e. The maximum absolute atomic E-state index is 13.1. The van der Waals surface area contributed by atoms with E-state index < -0.39 is 38.6 Å². The minimum Gasteiger partial charge on any atom is -0.349 e. The number of hydrogen-bond donors (Lipinski definition) is 4. The minimum absolute atomic E-state index is 0.0254. The summed E-state index contributed by atoms with van der Waals surface area (Å²) in [5, 5.41) is 7.74. The first kappa shape index (κ1) is 41.5. The largest absolute Gasteiger partial charge is 0.349 e. The average Bonchev–Trinajstić information content (AvgIpc) is 3.82. The molecule has 59 heavy (non-hydrogen) atoms. The number of sulfone groups is 1. The van der Waals surface area contributed by atoms with Crippen LogP contribution in [0.5, 0.6) is 0 Å². The van der Waals surface area contributed by atoms with Gasteiger partial charge in [-0.1, -0.05) is 59.6 Å². The number of aromatic amines is 2. The summed E-state index contributed by atoms with van der Waals surface area (Å²) >= 11 is 11.8. The van der Waals surface area contributed by atoms with Crippen LogP contribution in [0.1, 0.15) is 32.1 Å². The zero-order chi connectivity index (χ0) is 42.0. The highest BCUT2D eigenvalue weighted by atomic mass is 35.5. The number of fused-ring (bicyclic) bond motifs is 4. The second-order valence-electron chi connectivity index (χ2n) is 14.2. The van der Waals surface area contributed by atoms with Crippen molar-refractivity contribution in [3.8, 4) is 0 Å². The summed E-state index contributed by atoms with van der Waals surface area (Å²) in [5.74, 6) is -1.16. The fourth-order valence-corrected chi connectivity index (χ4v) is 8.30. The van der Waals surface area contributed by atoms with Crippen LogP contribution in [-0.2, 0) is 43.1 Å². The van der Waals surface area contributed by atoms with E-state index >= 15 is 0 Å². The zero-order valence-electron chi connectivity index (χ0n) is 31.7. The topological polar surface area (TPSA) is 207 Å². The van der Waals surface area contributed by atoms with Gasteiger partial charge in [0.2, 0.25) is 11.8 Å². The molecule has 0 radical (unpaired) electrons. The standard InChI is InChI=1S/C20H19ClN4O4S.C20H19ClN4O3S/c1-30(28,29)7-6-25-17-5-3-2-4-12(17)8-15(20(25)27)24-19(26)14-9-13-10-18(21)22-11-16(13)23-14;1-29(28)7-6-25-17-5-3-2-4-12(17)8-15(20(25)27)24-19(26)14-9-13-10-18(21)22-11-16(13)23-14/h2-5,9-11,15,23H,6-8H2,1H3,(H,24,26);2-5,9-11,15,23H,6-8H2,1H3,(H,24,26). The van der Waals surface area contributed by atoms with Crippen LogP contribution in [0.15, 0.2) is 85.2 Å². The highest BCUT2D eigenvalue weighted by molar-refractivity contribution is 7.90. The molecule has 4 aromatic heterocycles. The fourth-order valence-electron chi connectivity index (χ4n) is 7.01. The lowest BCUT2D eigenvalue weighted by Crippen LogP contribution is -2.53. The number of nitrogens with zero attached hydrogens (tertiary/aromatic N) is 4. The first-order valence-electron chi connectivity index (χ1n) is 18.3. The lowest BCUT2D eigenvalue weighted by atomic mass is 9.97. The lowest BCUT2D eigenvalue weighted by Gasteiger charge is -2.34. The van der Waals surface area contributed by atoms with Gasteiger partial charge in [-0.3, -0.25) is 23.4 Å². The van der Waals surface area contributed by atoms with Crippen LogP contribution >= 0.6 is 23.2 Å². The molecule has 2 aliphatic heterocycles. The van der Waals surface area contributed by atoms with Crippen molar-refractivity contribution in [2.45, 2.75) is 24.9 Å². The summed E-state index contributed by atoms with van der Waals surface area (Å²) in [7, 11) is -4.28. The van der Waals surface area contributed by atoms with E-state index in [1.54, 1.807) is 53.8 Å². The third-order valence-corrected chi connectivity index (χ3v) is 12.0. The third-order valence-electron chi connectivity index (χ3n) is 9.87. The number of carbonyl (C=O) groups excluding carboxylic acids is 4. The highest BCUT2D eigenvalue weighted by Crippen LogP contribution is 2.30. The molecule has 3 unspecified atom stereocenters. The predicted molar refractivity (Wildman–Crippen MR) is 228 cm³/mol. The zero-order valence-corrected chi connectivity index (χ0v) is 34.8. The van der Waals surface area contributed by atoms with Crippen molar-refractivity contribution in [3.05, 3.63) is 118 Å². The Labute approximate surface area is 351 Å². The Hall–Kier alpha value is -5.62. The number of carbonyl (C=O) groups is 4. The van der Waals surface area contributed by atoms with Gasteiger partial charge in [-0.15, -0.1) is 0 Å². The van der Waals surface area contributed by atoms with Crippen molar-refractivity contribution in [3.63, 3.8) is 0 Å². The van der Waals surface area contributed by atoms with Crippen LogP contribution in [0.4, 0.5) is 11.4 Å². The van der Waals surface area contributed by atoms with Gasteiger partial charge in [0.25, 0.3) is 11.8 Å². The van der Waals surface area contributed by atoms with Crippen molar-refractivity contribution in [2.75, 3.05) is 46.9 Å². The fraction of sp³-hybridized carbons (Fsp3) is 0.250. The maximum Gasteiger partial charge on any atom is 0.268 e. The number of hydrogen-bond acceptors (Lipinski definition) is 9. The SMILES string of the molecule is CS(=O)(=O)CCN1C(=O)C(NC(=O)c2cc3cc(Cl)ncc3[nH]2)Cc2ccccc21.CS(=O)CCN1C(=O)C(NC(=O)c2cc3cc(Cl)ncc3[nH]2)Cc2ccccc21. The molecule has 4 N–H and O–H groups in total. The number of para-hydroxylation sites is 2. The van der Waals surface area contributed by atoms with Crippen LogP contribution in [0, 0.1) is 0 Å². The predicted octanol–water partition coefficient (Wildman–Crippen LogP) is 4.23. The molecule has 6 heterocycles. The molecule has 0 spiro atoms. The molecule has 2 aromatic carbocycles. The van der Waals surface area contributed by atoms with E-state index in [4.69, 9.17) is 23.2 Å². The van der Waals surface area contributed by atoms with E-state index in [-0.39, 0.29) is 35.7 Å². The molecule has 0 saturated heterocycles. The molecular formula is C40H38Cl2N8O7S2. The number of anilines is 2. The van der Waals surface area contributed by atoms with Crippen LogP contribution in [0.25, 0.3) is 21.8 Å². The Morgan fingerprint density at radius 1 is 0.763 bits per heavy atom. The molecule has 2 aliphatic rings. The Bertz CT molecular complexity index is 2760. The van der Waals surface area contributed by atoms with Gasteiger partial charge in [0, 0.05) is 77.1 Å². The van der Waals surface area contributed by atoms with Gasteiger partial charge in [-0.05, 0) is 47.5 Å². The molecule has 0 saturated carbocycles. The Kier molecular flexibility index (Phi) is 12.2. The summed E-state index contributed by atoms with van der Waals surface area (Å²) in [5.41, 5.74) is 5.25. The molecule has 8 rings (SSSR count). The van der Waals surface area contributed by atoms with E-state index in [9.17, 15) is 31.8 Å². The number of nitrogens with one attached hydrogen (secondary N) is 4. The Balaban J connectivity index is 0.000000179. The quantitative estimate of drug-likeness (QED) is 0.145. The monoisotopic (exact) mass is 876 g/mol.